The molecule has 0 saturated carbocycles. The Kier molecular flexibility index (Phi) is 5.89. The molecule has 0 amide bonds. The van der Waals surface area contributed by atoms with Crippen LogP contribution in [0.3, 0.4) is 0 Å². The number of hydrogen-bond acceptors (Lipinski definition) is 4. The Morgan fingerprint density at radius 1 is 1.00 bits per heavy atom. The number of carbonyl (C=O) groups excluding carboxylic acids is 1. The smallest absolute Gasteiger partial charge is 0.215 e. The number of nitrogens with one attached hydrogen (secondary N) is 1. The number of rotatable bonds is 0. The van der Waals surface area contributed by atoms with E-state index in [1.54, 1.807) is 0 Å². The van der Waals surface area contributed by atoms with Crippen molar-refractivity contribution in [1.82, 2.24) is 0 Å². The van der Waals surface area contributed by atoms with Crippen molar-refractivity contribution in [2.75, 3.05) is 5.73 Å². The quantitative estimate of drug-likeness (QED) is 0.372. The molecule has 0 spiro atoms. The van der Waals surface area contributed by atoms with Crippen LogP contribution in [-0.4, -0.2) is 16.6 Å². The van der Waals surface area contributed by atoms with Crippen LogP contribution in [0.2, 0.25) is 10.0 Å². The van der Waals surface area contributed by atoms with Crippen LogP contribution in [0.15, 0.2) is 34.3 Å². The maximum absolute atomic E-state index is 10.8. The summed E-state index contributed by atoms with van der Waals surface area (Å²) in [7, 11) is 0. The molecule has 1 aliphatic rings. The summed E-state index contributed by atoms with van der Waals surface area (Å²) in [5.74, 6) is -0.545. The molecule has 0 heterocycles. The van der Waals surface area contributed by atoms with Crippen molar-refractivity contribution in [3.63, 3.8) is 0 Å². The van der Waals surface area contributed by atoms with E-state index in [0.29, 0.717) is 5.69 Å². The van der Waals surface area contributed by atoms with Crippen molar-refractivity contribution in [2.24, 2.45) is 0 Å². The van der Waals surface area contributed by atoms with Gasteiger partial charge in [-0.25, -0.2) is 0 Å². The predicted octanol–water partition coefficient (Wildman–Crippen LogP) is 4.12. The van der Waals surface area contributed by atoms with Crippen molar-refractivity contribution in [1.29, 1.82) is 5.41 Å². The Bertz CT molecular complexity index is 591. The minimum Gasteiger partial charge on any atom is -0.505 e. The largest absolute Gasteiger partial charge is 0.505 e. The number of allylic oxidation sites excluding steroid dienone is 4. The van der Waals surface area contributed by atoms with Gasteiger partial charge in [-0.15, -0.1) is 0 Å². The average Bonchev–Trinajstić information content (AvgIpc) is 2.33. The highest BCUT2D eigenvalue weighted by atomic mass is 35.5. The van der Waals surface area contributed by atoms with Gasteiger partial charge in [0.2, 0.25) is 5.78 Å². The Morgan fingerprint density at radius 2 is 1.40 bits per heavy atom. The van der Waals surface area contributed by atoms with Crippen molar-refractivity contribution < 1.29 is 9.90 Å². The number of carbonyl (C=O) groups is 1. The molecule has 0 fully saturated rings. The highest BCUT2D eigenvalue weighted by molar-refractivity contribution is 6.57. The molecule has 0 bridgehead atoms. The number of benzene rings is 1. The van der Waals surface area contributed by atoms with E-state index in [2.05, 4.69) is 0 Å². The summed E-state index contributed by atoms with van der Waals surface area (Å²) < 4.78 is 0. The number of hydrogen-bond donors (Lipinski definition) is 3. The molecular weight excluding hydrogens is 346 g/mol. The van der Waals surface area contributed by atoms with E-state index in [1.807, 2.05) is 0 Å². The fourth-order valence-electron chi connectivity index (χ4n) is 1.15. The van der Waals surface area contributed by atoms with Gasteiger partial charge in [0.25, 0.3) is 0 Å². The number of aromatic hydroxyl groups is 1. The van der Waals surface area contributed by atoms with E-state index in [1.165, 1.54) is 24.3 Å². The number of anilines is 1. The maximum atomic E-state index is 10.8. The van der Waals surface area contributed by atoms with Gasteiger partial charge in [0, 0.05) is 5.69 Å². The lowest BCUT2D eigenvalue weighted by Crippen LogP contribution is -2.06. The SMILES string of the molecule is N=C1C=C(Cl)C(=O)C(Cl)=C1.Nc1cc(Cl)c(O)c(Cl)c1. The van der Waals surface area contributed by atoms with E-state index >= 15 is 0 Å². The monoisotopic (exact) mass is 352 g/mol. The van der Waals surface area contributed by atoms with Gasteiger partial charge < -0.3 is 16.2 Å². The van der Waals surface area contributed by atoms with E-state index in [-0.39, 0.29) is 31.6 Å². The van der Waals surface area contributed by atoms with Crippen molar-refractivity contribution in [3.05, 3.63) is 44.4 Å². The van der Waals surface area contributed by atoms with Gasteiger partial charge in [-0.1, -0.05) is 46.4 Å². The van der Waals surface area contributed by atoms with Gasteiger partial charge in [0.1, 0.15) is 0 Å². The minimum absolute atomic E-state index is 0.00231. The lowest BCUT2D eigenvalue weighted by Gasteiger charge is -2.02. The normalized spacial score (nSPS) is 14.2. The number of nitrogens with two attached hydrogens (primary N) is 1. The topological polar surface area (TPSA) is 87.2 Å². The van der Waals surface area contributed by atoms with Crippen molar-refractivity contribution in [3.8, 4) is 5.75 Å². The summed E-state index contributed by atoms with van der Waals surface area (Å²) in [6, 6.07) is 2.87. The number of nitrogen functional groups attached to an aromatic ring is 1. The second-order valence-corrected chi connectivity index (χ2v) is 5.23. The van der Waals surface area contributed by atoms with Crippen LogP contribution in [0.5, 0.6) is 5.75 Å². The summed E-state index contributed by atoms with van der Waals surface area (Å²) >= 11 is 21.8. The zero-order valence-electron chi connectivity index (χ0n) is 9.75. The number of Topliss-reactive ketones (excluding diaryl/α,β-unsaturated/α-hetero) is 1. The molecule has 0 unspecified atom stereocenters. The molecule has 4 N–H and O–H groups in total. The molecule has 1 aromatic rings. The first-order valence-corrected chi connectivity index (χ1v) is 6.54. The standard InChI is InChI=1S/C6H5Cl2NO.C6H3Cl2NO/c2*7-4-1-3(9)2-5(8)6(4)10/h1-2,10H,9H2;1-2,9H. The third-order valence-electron chi connectivity index (χ3n) is 2.04. The van der Waals surface area contributed by atoms with E-state index < -0.39 is 5.78 Å². The molecule has 1 aliphatic carbocycles. The van der Waals surface area contributed by atoms with Crippen LogP contribution in [0.25, 0.3) is 0 Å². The van der Waals surface area contributed by atoms with Crippen LogP contribution in [0.4, 0.5) is 5.69 Å². The molecular formula is C12H8Cl4N2O2. The molecule has 0 saturated heterocycles. The molecule has 0 radical (unpaired) electrons. The van der Waals surface area contributed by atoms with Gasteiger partial charge in [-0.05, 0) is 24.3 Å². The van der Waals surface area contributed by atoms with Crippen LogP contribution >= 0.6 is 46.4 Å². The molecule has 106 valence electrons. The minimum atomic E-state index is -0.417. The number of phenolic OH excluding ortho intramolecular Hbond substituents is 1. The molecule has 0 aromatic heterocycles. The molecule has 8 heteroatoms. The molecule has 2 rings (SSSR count). The fourth-order valence-corrected chi connectivity index (χ4v) is 2.14. The molecule has 1 aromatic carbocycles. The third-order valence-corrected chi connectivity index (χ3v) is 3.18. The summed E-state index contributed by atoms with van der Waals surface area (Å²) in [6.07, 6.45) is 2.52. The van der Waals surface area contributed by atoms with Gasteiger partial charge >= 0.3 is 0 Å². The van der Waals surface area contributed by atoms with E-state index in [0.717, 1.165) is 0 Å². The number of ketones is 1. The van der Waals surface area contributed by atoms with Crippen molar-refractivity contribution >= 4 is 63.6 Å². The zero-order valence-corrected chi connectivity index (χ0v) is 12.8. The van der Waals surface area contributed by atoms with Crippen LogP contribution in [0.1, 0.15) is 0 Å². The number of halogens is 4. The highest BCUT2D eigenvalue weighted by Gasteiger charge is 2.16. The van der Waals surface area contributed by atoms with E-state index in [4.69, 9.17) is 62.7 Å². The number of phenols is 1. The first-order chi connectivity index (χ1) is 9.22. The Morgan fingerprint density at radius 3 is 1.80 bits per heavy atom. The molecule has 0 aliphatic heterocycles. The maximum Gasteiger partial charge on any atom is 0.215 e. The van der Waals surface area contributed by atoms with E-state index in [9.17, 15) is 4.79 Å². The second-order valence-electron chi connectivity index (χ2n) is 3.60. The summed E-state index contributed by atoms with van der Waals surface area (Å²) in [5.41, 5.74) is 5.93. The van der Waals surface area contributed by atoms with Gasteiger partial charge in [0.15, 0.2) is 5.75 Å². The lowest BCUT2D eigenvalue weighted by atomic mass is 10.1. The Balaban J connectivity index is 0.000000200. The van der Waals surface area contributed by atoms with Gasteiger partial charge in [-0.2, -0.15) is 0 Å². The zero-order chi connectivity index (χ0) is 15.4. The third kappa shape index (κ3) is 4.42. The molecule has 20 heavy (non-hydrogen) atoms. The fraction of sp³-hybridized carbons (Fsp3) is 0. The van der Waals surface area contributed by atoms with Crippen LogP contribution < -0.4 is 5.73 Å². The predicted molar refractivity (Wildman–Crippen MR) is 83.1 cm³/mol. The van der Waals surface area contributed by atoms with Crippen molar-refractivity contribution in [2.45, 2.75) is 0 Å². The van der Waals surface area contributed by atoms with Crippen LogP contribution in [-0.2, 0) is 4.79 Å². The average molecular weight is 354 g/mol. The van der Waals surface area contributed by atoms with Gasteiger partial charge in [0.05, 0.1) is 25.8 Å². The second kappa shape index (κ2) is 6.99. The Labute approximate surface area is 134 Å². The summed E-state index contributed by atoms with van der Waals surface area (Å²) in [5, 5.41) is 16.4. The van der Waals surface area contributed by atoms with Gasteiger partial charge in [-0.3, -0.25) is 4.79 Å². The molecule has 4 nitrogen and oxygen atoms in total. The summed E-state index contributed by atoms with van der Waals surface area (Å²) in [6.45, 7) is 0. The van der Waals surface area contributed by atoms with Crippen LogP contribution in [0, 0.1) is 5.41 Å². The highest BCUT2D eigenvalue weighted by Crippen LogP contribution is 2.33. The first kappa shape index (κ1) is 16.9. The summed E-state index contributed by atoms with van der Waals surface area (Å²) in [4.78, 5) is 10.8. The Hall–Kier alpha value is -1.20. The lowest BCUT2D eigenvalue weighted by molar-refractivity contribution is -0.111. The first-order valence-electron chi connectivity index (χ1n) is 5.03. The molecule has 0 atom stereocenters.